The van der Waals surface area contributed by atoms with Gasteiger partial charge in [0.2, 0.25) is 0 Å². The summed E-state index contributed by atoms with van der Waals surface area (Å²) in [4.78, 5) is 23.2. The number of ether oxygens (including phenoxy) is 1. The highest BCUT2D eigenvalue weighted by Crippen LogP contribution is 2.32. The lowest BCUT2D eigenvalue weighted by molar-refractivity contribution is -0.139. The number of halogens is 3. The lowest BCUT2D eigenvalue weighted by Crippen LogP contribution is -2.10. The number of rotatable bonds is 8. The Hall–Kier alpha value is -3.62. The summed E-state index contributed by atoms with van der Waals surface area (Å²) < 4.78 is 48.7. The molecule has 32 heavy (non-hydrogen) atoms. The van der Waals surface area contributed by atoms with E-state index in [2.05, 4.69) is 5.16 Å². The molecule has 0 aliphatic rings. The molecule has 0 aliphatic carbocycles. The highest BCUT2D eigenvalue weighted by molar-refractivity contribution is 5.96. The van der Waals surface area contributed by atoms with Crippen molar-refractivity contribution >= 4 is 11.8 Å². The third-order valence-electron chi connectivity index (χ3n) is 4.93. The summed E-state index contributed by atoms with van der Waals surface area (Å²) in [6, 6.07) is 9.34. The highest BCUT2D eigenvalue weighted by Gasteiger charge is 2.30. The van der Waals surface area contributed by atoms with Gasteiger partial charge >= 0.3 is 12.1 Å². The number of carboxylic acids is 1. The fourth-order valence-corrected chi connectivity index (χ4v) is 3.18. The molecule has 0 fully saturated rings. The summed E-state index contributed by atoms with van der Waals surface area (Å²) in [7, 11) is 0. The van der Waals surface area contributed by atoms with Crippen LogP contribution in [0.3, 0.4) is 0 Å². The second-order valence-corrected chi connectivity index (χ2v) is 7.24. The molecule has 0 saturated heterocycles. The van der Waals surface area contributed by atoms with Crippen molar-refractivity contribution in [1.82, 2.24) is 5.16 Å². The Morgan fingerprint density at radius 1 is 1.09 bits per heavy atom. The number of Topliss-reactive ketones (excluding diaryl/α,β-unsaturated/α-hetero) is 1. The minimum absolute atomic E-state index is 0.142. The minimum atomic E-state index is -4.42. The van der Waals surface area contributed by atoms with Crippen molar-refractivity contribution in [3.8, 4) is 17.1 Å². The summed E-state index contributed by atoms with van der Waals surface area (Å²) in [6.07, 6.45) is -3.97. The molecule has 168 valence electrons. The first-order valence-electron chi connectivity index (χ1n) is 9.67. The van der Waals surface area contributed by atoms with Gasteiger partial charge in [-0.3, -0.25) is 4.79 Å². The lowest BCUT2D eigenvalue weighted by atomic mass is 10.0. The molecule has 0 saturated carbocycles. The molecular weight excluding hydrogens is 427 g/mol. The predicted molar refractivity (Wildman–Crippen MR) is 109 cm³/mol. The molecule has 1 N–H and O–H groups in total. The Balaban J connectivity index is 1.66. The van der Waals surface area contributed by atoms with Gasteiger partial charge in [0.25, 0.3) is 0 Å². The molecule has 0 bridgehead atoms. The number of carboxylic acid groups (broad SMARTS) is 1. The maximum absolute atomic E-state index is 12.7. The van der Waals surface area contributed by atoms with Crippen LogP contribution in [0.2, 0.25) is 0 Å². The second-order valence-electron chi connectivity index (χ2n) is 7.24. The molecule has 9 heteroatoms. The zero-order valence-electron chi connectivity index (χ0n) is 17.3. The third-order valence-corrected chi connectivity index (χ3v) is 4.93. The number of hydrogen-bond donors (Lipinski definition) is 1. The third kappa shape index (κ3) is 5.35. The fourth-order valence-electron chi connectivity index (χ4n) is 3.18. The molecule has 6 nitrogen and oxygen atoms in total. The zero-order chi connectivity index (χ0) is 23.5. The Kier molecular flexibility index (Phi) is 6.67. The van der Waals surface area contributed by atoms with Gasteiger partial charge in [-0.05, 0) is 49.7 Å². The van der Waals surface area contributed by atoms with E-state index < -0.39 is 24.3 Å². The molecule has 0 radical (unpaired) electrons. The number of aliphatic carboxylic acids is 1. The van der Waals surface area contributed by atoms with E-state index in [1.807, 2.05) is 0 Å². The Morgan fingerprint density at radius 2 is 1.78 bits per heavy atom. The number of aromatic nitrogens is 1. The van der Waals surface area contributed by atoms with Crippen LogP contribution >= 0.6 is 0 Å². The van der Waals surface area contributed by atoms with Crippen molar-refractivity contribution in [1.29, 1.82) is 0 Å². The SMILES string of the molecule is Cc1cc(C(=O)CCc2noc(-c3ccc(C(F)(F)F)cc3)c2C)ccc1OCC(=O)O. The van der Waals surface area contributed by atoms with Gasteiger partial charge in [0.15, 0.2) is 18.2 Å². The largest absolute Gasteiger partial charge is 0.482 e. The molecule has 0 spiro atoms. The van der Waals surface area contributed by atoms with Gasteiger partial charge in [-0.25, -0.2) is 4.79 Å². The average molecular weight is 447 g/mol. The Labute approximate surface area is 181 Å². The molecule has 0 unspecified atom stereocenters. The number of aryl methyl sites for hydroxylation is 2. The predicted octanol–water partition coefficient (Wildman–Crippen LogP) is 5.26. The topological polar surface area (TPSA) is 89.6 Å². The van der Waals surface area contributed by atoms with Crippen LogP contribution in [-0.4, -0.2) is 28.6 Å². The van der Waals surface area contributed by atoms with E-state index in [1.54, 1.807) is 32.0 Å². The maximum atomic E-state index is 12.7. The van der Waals surface area contributed by atoms with Crippen molar-refractivity contribution in [3.05, 3.63) is 70.4 Å². The van der Waals surface area contributed by atoms with E-state index in [1.165, 1.54) is 12.1 Å². The standard InChI is InChI=1S/C23H20F3NO5/c1-13-11-16(5-10-20(13)31-12-21(29)30)19(28)9-8-18-14(2)22(32-27-18)15-3-6-17(7-4-15)23(24,25)26/h3-7,10-11H,8-9,12H2,1-2H3,(H,29,30). The quantitative estimate of drug-likeness (QED) is 0.474. The number of benzene rings is 2. The van der Waals surface area contributed by atoms with Gasteiger partial charge < -0.3 is 14.4 Å². The van der Waals surface area contributed by atoms with Crippen LogP contribution in [0.4, 0.5) is 13.2 Å². The van der Waals surface area contributed by atoms with Crippen molar-refractivity contribution in [2.24, 2.45) is 0 Å². The van der Waals surface area contributed by atoms with E-state index in [0.29, 0.717) is 45.9 Å². The summed E-state index contributed by atoms with van der Waals surface area (Å²) in [6.45, 7) is 2.98. The fraction of sp³-hybridized carbons (Fsp3) is 0.261. The van der Waals surface area contributed by atoms with Gasteiger partial charge in [-0.15, -0.1) is 0 Å². The van der Waals surface area contributed by atoms with E-state index in [-0.39, 0.29) is 12.2 Å². The number of alkyl halides is 3. The van der Waals surface area contributed by atoms with E-state index in [0.717, 1.165) is 12.1 Å². The molecule has 3 aromatic rings. The monoisotopic (exact) mass is 447 g/mol. The van der Waals surface area contributed by atoms with Crippen molar-refractivity contribution in [3.63, 3.8) is 0 Å². The number of carbonyl (C=O) groups is 2. The van der Waals surface area contributed by atoms with Crippen LogP contribution in [0.1, 0.15) is 39.2 Å². The molecule has 0 amide bonds. The molecule has 2 aromatic carbocycles. The number of nitrogens with zero attached hydrogens (tertiary/aromatic N) is 1. The van der Waals surface area contributed by atoms with Crippen LogP contribution in [0.5, 0.6) is 5.75 Å². The van der Waals surface area contributed by atoms with Gasteiger partial charge in [0.05, 0.1) is 11.3 Å². The van der Waals surface area contributed by atoms with Crippen LogP contribution in [0.15, 0.2) is 47.0 Å². The molecule has 0 atom stereocenters. The highest BCUT2D eigenvalue weighted by atomic mass is 19.4. The molecule has 3 rings (SSSR count). The maximum Gasteiger partial charge on any atom is 0.416 e. The summed E-state index contributed by atoms with van der Waals surface area (Å²) in [5.41, 5.74) is 2.01. The first-order valence-corrected chi connectivity index (χ1v) is 9.67. The summed E-state index contributed by atoms with van der Waals surface area (Å²) >= 11 is 0. The van der Waals surface area contributed by atoms with Crippen LogP contribution in [-0.2, 0) is 17.4 Å². The van der Waals surface area contributed by atoms with Crippen molar-refractivity contribution in [2.75, 3.05) is 6.61 Å². The number of hydrogen-bond acceptors (Lipinski definition) is 5. The van der Waals surface area contributed by atoms with E-state index >= 15 is 0 Å². The molecule has 1 heterocycles. The molecule has 0 aliphatic heterocycles. The molecule has 1 aromatic heterocycles. The van der Waals surface area contributed by atoms with Crippen molar-refractivity contribution in [2.45, 2.75) is 32.9 Å². The molecular formula is C23H20F3NO5. The van der Waals surface area contributed by atoms with Gasteiger partial charge in [0.1, 0.15) is 5.75 Å². The van der Waals surface area contributed by atoms with Crippen LogP contribution in [0.25, 0.3) is 11.3 Å². The number of ketones is 1. The van der Waals surface area contributed by atoms with Crippen LogP contribution < -0.4 is 4.74 Å². The lowest BCUT2D eigenvalue weighted by Gasteiger charge is -2.08. The van der Waals surface area contributed by atoms with Crippen molar-refractivity contribution < 1.29 is 37.1 Å². The summed E-state index contributed by atoms with van der Waals surface area (Å²) in [5, 5.41) is 12.7. The second kappa shape index (κ2) is 9.25. The smallest absolute Gasteiger partial charge is 0.416 e. The van der Waals surface area contributed by atoms with Crippen LogP contribution in [0, 0.1) is 13.8 Å². The first-order chi connectivity index (χ1) is 15.1. The Bertz CT molecular complexity index is 1130. The van der Waals surface area contributed by atoms with Gasteiger partial charge in [-0.2, -0.15) is 13.2 Å². The summed E-state index contributed by atoms with van der Waals surface area (Å²) in [5.74, 6) is -0.492. The van der Waals surface area contributed by atoms with Gasteiger partial charge in [-0.1, -0.05) is 17.3 Å². The average Bonchev–Trinajstić information content (AvgIpc) is 3.10. The first kappa shape index (κ1) is 23.1. The Morgan fingerprint density at radius 3 is 2.38 bits per heavy atom. The van der Waals surface area contributed by atoms with E-state index in [4.69, 9.17) is 14.4 Å². The normalized spacial score (nSPS) is 11.4. The van der Waals surface area contributed by atoms with E-state index in [9.17, 15) is 22.8 Å². The van der Waals surface area contributed by atoms with Gasteiger partial charge in [0, 0.05) is 29.5 Å². The number of carbonyl (C=O) groups excluding carboxylic acids is 1. The zero-order valence-corrected chi connectivity index (χ0v) is 17.3. The minimum Gasteiger partial charge on any atom is -0.482 e.